The standard InChI is InChI=1S/C25H12F5NO3/c26-20-16(21(27)23(29)24(30)22(20)28)11-33-14-7-5-13-9-15(25(32)34-19(13)10-14)18-8-6-12-3-1-2-4-17(12)31-18/h1-10H,11H2. The molecule has 34 heavy (non-hydrogen) atoms. The molecular weight excluding hydrogens is 457 g/mol. The van der Waals surface area contributed by atoms with E-state index in [1.165, 1.54) is 18.2 Å². The van der Waals surface area contributed by atoms with Crippen LogP contribution < -0.4 is 10.4 Å². The third kappa shape index (κ3) is 3.64. The van der Waals surface area contributed by atoms with Gasteiger partial charge in [-0.25, -0.2) is 31.7 Å². The van der Waals surface area contributed by atoms with Crippen LogP contribution in [0.1, 0.15) is 5.56 Å². The summed E-state index contributed by atoms with van der Waals surface area (Å²) in [6.45, 7) is -0.930. The van der Waals surface area contributed by atoms with Crippen LogP contribution in [0.2, 0.25) is 0 Å². The van der Waals surface area contributed by atoms with Gasteiger partial charge >= 0.3 is 5.63 Å². The van der Waals surface area contributed by atoms with Crippen molar-refractivity contribution in [2.45, 2.75) is 6.61 Å². The summed E-state index contributed by atoms with van der Waals surface area (Å²) in [7, 11) is 0. The Kier molecular flexibility index (Phi) is 5.24. The molecule has 0 aliphatic carbocycles. The first-order chi connectivity index (χ1) is 16.3. The van der Waals surface area contributed by atoms with Gasteiger partial charge < -0.3 is 9.15 Å². The number of halogens is 5. The molecule has 0 aliphatic heterocycles. The van der Waals surface area contributed by atoms with Crippen LogP contribution in [0.4, 0.5) is 22.0 Å². The molecule has 5 aromatic rings. The number of pyridine rings is 1. The molecule has 5 rings (SSSR count). The summed E-state index contributed by atoms with van der Waals surface area (Å²) in [5.74, 6) is -10.3. The van der Waals surface area contributed by atoms with Gasteiger partial charge in [0.05, 0.1) is 22.3 Å². The Hall–Kier alpha value is -4.27. The van der Waals surface area contributed by atoms with Crippen LogP contribution >= 0.6 is 0 Å². The number of hydrogen-bond donors (Lipinski definition) is 0. The van der Waals surface area contributed by atoms with E-state index >= 15 is 0 Å². The van der Waals surface area contributed by atoms with Gasteiger partial charge in [0.1, 0.15) is 17.9 Å². The van der Waals surface area contributed by atoms with Crippen LogP contribution in [-0.4, -0.2) is 4.98 Å². The monoisotopic (exact) mass is 469 g/mol. The lowest BCUT2D eigenvalue weighted by molar-refractivity contribution is 0.279. The maximum Gasteiger partial charge on any atom is 0.345 e. The van der Waals surface area contributed by atoms with Crippen molar-refractivity contribution >= 4 is 21.9 Å². The van der Waals surface area contributed by atoms with Gasteiger partial charge in [-0.3, -0.25) is 0 Å². The zero-order valence-electron chi connectivity index (χ0n) is 17.0. The molecule has 0 aliphatic rings. The van der Waals surface area contributed by atoms with Gasteiger partial charge in [-0.05, 0) is 30.3 Å². The van der Waals surface area contributed by atoms with Gasteiger partial charge in [0, 0.05) is 16.8 Å². The molecule has 2 aromatic heterocycles. The lowest BCUT2D eigenvalue weighted by Gasteiger charge is -2.10. The van der Waals surface area contributed by atoms with Crippen LogP contribution in [0.3, 0.4) is 0 Å². The van der Waals surface area contributed by atoms with Gasteiger partial charge in [-0.2, -0.15) is 0 Å². The van der Waals surface area contributed by atoms with Gasteiger partial charge in [0.25, 0.3) is 0 Å². The first kappa shape index (κ1) is 21.6. The molecule has 0 radical (unpaired) electrons. The molecular formula is C25H12F5NO3. The molecule has 170 valence electrons. The largest absolute Gasteiger partial charge is 0.489 e. The first-order valence-electron chi connectivity index (χ1n) is 9.90. The van der Waals surface area contributed by atoms with Gasteiger partial charge in [-0.15, -0.1) is 0 Å². The van der Waals surface area contributed by atoms with Crippen LogP contribution in [0.5, 0.6) is 5.75 Å². The van der Waals surface area contributed by atoms with E-state index in [1.807, 2.05) is 30.3 Å². The minimum Gasteiger partial charge on any atom is -0.489 e. The summed E-state index contributed by atoms with van der Waals surface area (Å²) in [6, 6.07) is 16.7. The quantitative estimate of drug-likeness (QED) is 0.135. The Morgan fingerprint density at radius 1 is 0.765 bits per heavy atom. The molecule has 4 nitrogen and oxygen atoms in total. The summed E-state index contributed by atoms with van der Waals surface area (Å²) >= 11 is 0. The number of para-hydroxylation sites is 1. The van der Waals surface area contributed by atoms with Gasteiger partial charge in [0.2, 0.25) is 5.82 Å². The Balaban J connectivity index is 1.46. The van der Waals surface area contributed by atoms with Crippen molar-refractivity contribution in [3.8, 4) is 17.0 Å². The van der Waals surface area contributed by atoms with Crippen molar-refractivity contribution < 1.29 is 31.1 Å². The van der Waals surface area contributed by atoms with E-state index in [0.717, 1.165) is 5.39 Å². The summed E-state index contributed by atoms with van der Waals surface area (Å²) in [6.07, 6.45) is 0. The van der Waals surface area contributed by atoms with E-state index in [4.69, 9.17) is 9.15 Å². The Morgan fingerprint density at radius 2 is 1.44 bits per heavy atom. The predicted molar refractivity (Wildman–Crippen MR) is 114 cm³/mol. The number of nitrogens with zero attached hydrogens (tertiary/aromatic N) is 1. The second kappa shape index (κ2) is 8.26. The fourth-order valence-electron chi connectivity index (χ4n) is 3.51. The van der Waals surface area contributed by atoms with Crippen molar-refractivity contribution in [3.63, 3.8) is 0 Å². The van der Waals surface area contributed by atoms with Crippen LogP contribution in [0, 0.1) is 29.1 Å². The fraction of sp³-hybridized carbons (Fsp3) is 0.0400. The van der Waals surface area contributed by atoms with E-state index in [-0.39, 0.29) is 16.9 Å². The second-order valence-electron chi connectivity index (χ2n) is 7.37. The van der Waals surface area contributed by atoms with Crippen LogP contribution in [-0.2, 0) is 6.61 Å². The van der Waals surface area contributed by atoms with Crippen molar-refractivity contribution in [1.82, 2.24) is 4.98 Å². The van der Waals surface area contributed by atoms with E-state index in [2.05, 4.69) is 4.98 Å². The minimum absolute atomic E-state index is 0.00354. The minimum atomic E-state index is -2.25. The maximum atomic E-state index is 13.8. The Morgan fingerprint density at radius 3 is 2.21 bits per heavy atom. The zero-order valence-corrected chi connectivity index (χ0v) is 17.0. The zero-order chi connectivity index (χ0) is 24.0. The van der Waals surface area contributed by atoms with E-state index in [0.29, 0.717) is 16.6 Å². The van der Waals surface area contributed by atoms with Crippen molar-refractivity contribution in [1.29, 1.82) is 0 Å². The molecule has 0 spiro atoms. The first-order valence-corrected chi connectivity index (χ1v) is 9.90. The molecule has 2 heterocycles. The molecule has 0 atom stereocenters. The van der Waals surface area contributed by atoms with E-state index in [9.17, 15) is 26.7 Å². The van der Waals surface area contributed by atoms with Gasteiger partial charge in [-0.1, -0.05) is 24.3 Å². The van der Waals surface area contributed by atoms with Crippen LogP contribution in [0.25, 0.3) is 33.1 Å². The van der Waals surface area contributed by atoms with Crippen LogP contribution in [0.15, 0.2) is 69.9 Å². The average Bonchev–Trinajstić information content (AvgIpc) is 2.85. The molecule has 0 saturated heterocycles. The van der Waals surface area contributed by atoms with E-state index in [1.54, 1.807) is 12.1 Å². The molecule has 0 fully saturated rings. The highest BCUT2D eigenvalue weighted by Gasteiger charge is 2.26. The third-order valence-electron chi connectivity index (χ3n) is 5.27. The predicted octanol–water partition coefficient (Wildman–Crippen LogP) is 6.28. The molecule has 0 N–H and O–H groups in total. The Bertz CT molecular complexity index is 1620. The number of aromatic nitrogens is 1. The SMILES string of the molecule is O=c1oc2cc(OCc3c(F)c(F)c(F)c(F)c3F)ccc2cc1-c1ccc2ccccc2n1. The average molecular weight is 469 g/mol. The lowest BCUT2D eigenvalue weighted by atomic mass is 10.1. The van der Waals surface area contributed by atoms with E-state index < -0.39 is 46.9 Å². The molecule has 0 bridgehead atoms. The number of hydrogen-bond acceptors (Lipinski definition) is 4. The topological polar surface area (TPSA) is 52.3 Å². The highest BCUT2D eigenvalue weighted by molar-refractivity contribution is 5.85. The summed E-state index contributed by atoms with van der Waals surface area (Å²) in [5.41, 5.74) is -0.335. The molecule has 0 amide bonds. The number of rotatable bonds is 4. The summed E-state index contributed by atoms with van der Waals surface area (Å²) in [5, 5.41) is 1.42. The normalized spacial score (nSPS) is 11.3. The fourth-order valence-corrected chi connectivity index (χ4v) is 3.51. The highest BCUT2D eigenvalue weighted by atomic mass is 19.2. The second-order valence-corrected chi connectivity index (χ2v) is 7.37. The maximum absolute atomic E-state index is 13.8. The number of benzene rings is 3. The Labute approximate surface area is 187 Å². The van der Waals surface area contributed by atoms with Crippen molar-refractivity contribution in [2.75, 3.05) is 0 Å². The smallest absolute Gasteiger partial charge is 0.345 e. The summed E-state index contributed by atoms with van der Waals surface area (Å²) < 4.78 is 78.2. The molecule has 0 saturated carbocycles. The van der Waals surface area contributed by atoms with Gasteiger partial charge in [0.15, 0.2) is 23.3 Å². The number of fused-ring (bicyclic) bond motifs is 2. The molecule has 3 aromatic carbocycles. The number of ether oxygens (including phenoxy) is 1. The lowest BCUT2D eigenvalue weighted by Crippen LogP contribution is -2.10. The summed E-state index contributed by atoms with van der Waals surface area (Å²) in [4.78, 5) is 17.1. The molecule has 0 unspecified atom stereocenters. The van der Waals surface area contributed by atoms with Crippen molar-refractivity contribution in [2.24, 2.45) is 0 Å². The van der Waals surface area contributed by atoms with Crippen molar-refractivity contribution in [3.05, 3.63) is 106 Å². The third-order valence-corrected chi connectivity index (χ3v) is 5.27. The highest BCUT2D eigenvalue weighted by Crippen LogP contribution is 2.27. The molecule has 9 heteroatoms.